The molecule has 0 bridgehead atoms. The number of aromatic nitrogens is 1. The lowest BCUT2D eigenvalue weighted by Crippen LogP contribution is -2.12. The highest BCUT2D eigenvalue weighted by molar-refractivity contribution is 5.94. The Kier molecular flexibility index (Phi) is 2.49. The first-order chi connectivity index (χ1) is 7.65. The molecule has 80 valence electrons. The Bertz CT molecular complexity index is 579. The van der Waals surface area contributed by atoms with Crippen LogP contribution in [0.2, 0.25) is 0 Å². The summed E-state index contributed by atoms with van der Waals surface area (Å²) in [6, 6.07) is 10.0. The second-order valence-electron chi connectivity index (χ2n) is 3.96. The van der Waals surface area contributed by atoms with E-state index < -0.39 is 0 Å². The zero-order chi connectivity index (χ0) is 11.7. The summed E-state index contributed by atoms with van der Waals surface area (Å²) in [5.74, 6) is 0. The Balaban J connectivity index is 2.92. The van der Waals surface area contributed by atoms with Crippen LogP contribution < -0.4 is 4.90 Å². The molecule has 0 N–H and O–H groups in total. The highest BCUT2D eigenvalue weighted by atomic mass is 15.1. The number of nitrogens with zero attached hydrogens (tertiary/aromatic N) is 3. The Morgan fingerprint density at radius 1 is 1.25 bits per heavy atom. The summed E-state index contributed by atoms with van der Waals surface area (Å²) < 4.78 is 0. The van der Waals surface area contributed by atoms with Gasteiger partial charge in [0, 0.05) is 25.0 Å². The molecule has 0 unspecified atom stereocenters. The minimum absolute atomic E-state index is 0.502. The average molecular weight is 211 g/mol. The predicted molar refractivity (Wildman–Crippen MR) is 65.5 cm³/mol. The SMILES string of the molecule is Cc1c(C#N)nc2ccccc2c1N(C)C. The van der Waals surface area contributed by atoms with Crippen molar-refractivity contribution in [2.45, 2.75) is 6.92 Å². The second kappa shape index (κ2) is 3.82. The van der Waals surface area contributed by atoms with Gasteiger partial charge in [0.25, 0.3) is 0 Å². The molecule has 1 aromatic heterocycles. The largest absolute Gasteiger partial charge is 0.377 e. The summed E-state index contributed by atoms with van der Waals surface area (Å²) in [5, 5.41) is 10.1. The van der Waals surface area contributed by atoms with Crippen molar-refractivity contribution in [3.8, 4) is 6.07 Å². The molecule has 0 saturated carbocycles. The molecule has 3 heteroatoms. The third-order valence-electron chi connectivity index (χ3n) is 2.65. The van der Waals surface area contributed by atoms with Gasteiger partial charge in [0.05, 0.1) is 11.2 Å². The van der Waals surface area contributed by atoms with E-state index in [0.717, 1.165) is 22.2 Å². The lowest BCUT2D eigenvalue weighted by Gasteiger charge is -2.18. The third kappa shape index (κ3) is 1.49. The molecule has 3 nitrogen and oxygen atoms in total. The first-order valence-corrected chi connectivity index (χ1v) is 5.12. The van der Waals surface area contributed by atoms with Crippen molar-refractivity contribution in [3.05, 3.63) is 35.5 Å². The van der Waals surface area contributed by atoms with Gasteiger partial charge >= 0.3 is 0 Å². The monoisotopic (exact) mass is 211 g/mol. The van der Waals surface area contributed by atoms with E-state index in [4.69, 9.17) is 5.26 Å². The van der Waals surface area contributed by atoms with Crippen molar-refractivity contribution >= 4 is 16.6 Å². The number of benzene rings is 1. The summed E-state index contributed by atoms with van der Waals surface area (Å²) >= 11 is 0. The van der Waals surface area contributed by atoms with Crippen LogP contribution in [0.1, 0.15) is 11.3 Å². The van der Waals surface area contributed by atoms with Crippen LogP contribution in [0.4, 0.5) is 5.69 Å². The van der Waals surface area contributed by atoms with Crippen molar-refractivity contribution < 1.29 is 0 Å². The van der Waals surface area contributed by atoms with Gasteiger partial charge < -0.3 is 4.90 Å². The van der Waals surface area contributed by atoms with Gasteiger partial charge in [-0.05, 0) is 13.0 Å². The van der Waals surface area contributed by atoms with Crippen LogP contribution in [0.3, 0.4) is 0 Å². The Morgan fingerprint density at radius 3 is 2.56 bits per heavy atom. The van der Waals surface area contributed by atoms with Crippen LogP contribution in [0.25, 0.3) is 10.9 Å². The van der Waals surface area contributed by atoms with E-state index in [1.807, 2.05) is 50.2 Å². The van der Waals surface area contributed by atoms with Gasteiger partial charge in [-0.3, -0.25) is 0 Å². The first-order valence-electron chi connectivity index (χ1n) is 5.12. The van der Waals surface area contributed by atoms with Gasteiger partial charge in [-0.25, -0.2) is 4.98 Å². The first kappa shape index (κ1) is 10.4. The zero-order valence-electron chi connectivity index (χ0n) is 9.65. The standard InChI is InChI=1S/C13H13N3/c1-9-12(8-14)15-11-7-5-4-6-10(11)13(9)16(2)3/h4-7H,1-3H3. The molecule has 1 heterocycles. The van der Waals surface area contributed by atoms with Crippen LogP contribution in [0, 0.1) is 18.3 Å². The van der Waals surface area contributed by atoms with Crippen molar-refractivity contribution in [1.82, 2.24) is 4.98 Å². The number of hydrogen-bond acceptors (Lipinski definition) is 3. The number of pyridine rings is 1. The average Bonchev–Trinajstić information content (AvgIpc) is 2.27. The summed E-state index contributed by atoms with van der Waals surface area (Å²) in [5.41, 5.74) is 3.38. The highest BCUT2D eigenvalue weighted by Crippen LogP contribution is 2.29. The molecule has 0 fully saturated rings. The number of nitriles is 1. The maximum Gasteiger partial charge on any atom is 0.146 e. The smallest absolute Gasteiger partial charge is 0.146 e. The van der Waals surface area contributed by atoms with Gasteiger partial charge in [-0.15, -0.1) is 0 Å². The maximum atomic E-state index is 9.05. The topological polar surface area (TPSA) is 39.9 Å². The van der Waals surface area contributed by atoms with Gasteiger partial charge in [-0.1, -0.05) is 18.2 Å². The van der Waals surface area contributed by atoms with Crippen LogP contribution in [0.15, 0.2) is 24.3 Å². The third-order valence-corrected chi connectivity index (χ3v) is 2.65. The predicted octanol–water partition coefficient (Wildman–Crippen LogP) is 2.48. The summed E-state index contributed by atoms with van der Waals surface area (Å²) in [6.07, 6.45) is 0. The van der Waals surface area contributed by atoms with E-state index in [2.05, 4.69) is 11.1 Å². The van der Waals surface area contributed by atoms with Crippen LogP contribution in [-0.4, -0.2) is 19.1 Å². The molecule has 0 aliphatic carbocycles. The number of hydrogen-bond donors (Lipinski definition) is 0. The van der Waals surface area contributed by atoms with E-state index in [0.29, 0.717) is 5.69 Å². The second-order valence-corrected chi connectivity index (χ2v) is 3.96. The van der Waals surface area contributed by atoms with Gasteiger partial charge in [0.2, 0.25) is 0 Å². The fraction of sp³-hybridized carbons (Fsp3) is 0.231. The number of para-hydroxylation sites is 1. The number of anilines is 1. The molecule has 0 saturated heterocycles. The lowest BCUT2D eigenvalue weighted by molar-refractivity contribution is 1.11. The minimum atomic E-state index is 0.502. The van der Waals surface area contributed by atoms with Crippen molar-refractivity contribution in [1.29, 1.82) is 5.26 Å². The van der Waals surface area contributed by atoms with E-state index in [9.17, 15) is 0 Å². The molecular weight excluding hydrogens is 198 g/mol. The summed E-state index contributed by atoms with van der Waals surface area (Å²) in [7, 11) is 3.96. The lowest BCUT2D eigenvalue weighted by atomic mass is 10.1. The molecule has 0 spiro atoms. The molecular formula is C13H13N3. The van der Waals surface area contributed by atoms with Crippen LogP contribution >= 0.6 is 0 Å². The molecule has 0 atom stereocenters. The zero-order valence-corrected chi connectivity index (χ0v) is 9.65. The fourth-order valence-electron chi connectivity index (χ4n) is 1.98. The number of fused-ring (bicyclic) bond motifs is 1. The minimum Gasteiger partial charge on any atom is -0.377 e. The van der Waals surface area contributed by atoms with Gasteiger partial charge in [-0.2, -0.15) is 5.26 Å². The Morgan fingerprint density at radius 2 is 1.94 bits per heavy atom. The summed E-state index contributed by atoms with van der Waals surface area (Å²) in [6.45, 7) is 1.94. The molecule has 0 radical (unpaired) electrons. The Labute approximate surface area is 94.9 Å². The highest BCUT2D eigenvalue weighted by Gasteiger charge is 2.12. The van der Waals surface area contributed by atoms with Gasteiger partial charge in [0.1, 0.15) is 11.8 Å². The molecule has 2 aromatic rings. The molecule has 0 aliphatic rings. The van der Waals surface area contributed by atoms with E-state index in [1.165, 1.54) is 0 Å². The quantitative estimate of drug-likeness (QED) is 0.727. The van der Waals surface area contributed by atoms with Crippen LogP contribution in [-0.2, 0) is 0 Å². The van der Waals surface area contributed by atoms with Crippen LogP contribution in [0.5, 0.6) is 0 Å². The van der Waals surface area contributed by atoms with Crippen molar-refractivity contribution in [2.75, 3.05) is 19.0 Å². The maximum absolute atomic E-state index is 9.05. The van der Waals surface area contributed by atoms with E-state index >= 15 is 0 Å². The molecule has 1 aromatic carbocycles. The molecule has 16 heavy (non-hydrogen) atoms. The van der Waals surface area contributed by atoms with Crippen molar-refractivity contribution in [3.63, 3.8) is 0 Å². The van der Waals surface area contributed by atoms with E-state index in [1.54, 1.807) is 0 Å². The summed E-state index contributed by atoms with van der Waals surface area (Å²) in [4.78, 5) is 6.38. The molecule has 2 rings (SSSR count). The Hall–Kier alpha value is -2.08. The molecule has 0 amide bonds. The van der Waals surface area contributed by atoms with E-state index in [-0.39, 0.29) is 0 Å². The normalized spacial score (nSPS) is 10.1. The number of rotatable bonds is 1. The van der Waals surface area contributed by atoms with Crippen molar-refractivity contribution in [2.24, 2.45) is 0 Å². The fourth-order valence-corrected chi connectivity index (χ4v) is 1.98. The van der Waals surface area contributed by atoms with Gasteiger partial charge in [0.15, 0.2) is 0 Å². The molecule has 0 aliphatic heterocycles.